The molecule has 0 atom stereocenters. The van der Waals surface area contributed by atoms with Crippen LogP contribution in [0.1, 0.15) is 38.3 Å². The lowest BCUT2D eigenvalue weighted by Crippen LogP contribution is -2.00. The van der Waals surface area contributed by atoms with Crippen molar-refractivity contribution in [3.05, 3.63) is 17.8 Å². The van der Waals surface area contributed by atoms with Crippen LogP contribution < -0.4 is 4.74 Å². The fourth-order valence-corrected chi connectivity index (χ4v) is 1.18. The van der Waals surface area contributed by atoms with Crippen LogP contribution in [-0.4, -0.2) is 16.8 Å². The number of rotatable bonds is 6. The molecule has 0 N–H and O–H groups in total. The molecule has 0 aliphatic rings. The summed E-state index contributed by atoms with van der Waals surface area (Å²) in [7, 11) is 0. The Morgan fingerprint density at radius 1 is 1.27 bits per heavy atom. The second-order valence-corrected chi connectivity index (χ2v) is 3.31. The maximum atomic E-state index is 5.41. The van der Waals surface area contributed by atoms with Gasteiger partial charge in [0.2, 0.25) is 5.88 Å². The van der Waals surface area contributed by atoms with E-state index in [-0.39, 0.29) is 0 Å². The molecule has 15 heavy (non-hydrogen) atoms. The van der Waals surface area contributed by atoms with Crippen molar-refractivity contribution in [3.8, 4) is 18.2 Å². The highest BCUT2D eigenvalue weighted by Crippen LogP contribution is 2.06. The van der Waals surface area contributed by atoms with Gasteiger partial charge in [-0.05, 0) is 18.4 Å². The van der Waals surface area contributed by atoms with E-state index in [1.54, 1.807) is 12.1 Å². The first-order valence-corrected chi connectivity index (χ1v) is 5.30. The van der Waals surface area contributed by atoms with Gasteiger partial charge in [0.25, 0.3) is 0 Å². The molecule has 0 aliphatic heterocycles. The highest BCUT2D eigenvalue weighted by Gasteiger charge is 1.96. The van der Waals surface area contributed by atoms with Crippen LogP contribution in [-0.2, 0) is 0 Å². The molecule has 0 saturated carbocycles. The zero-order valence-electron chi connectivity index (χ0n) is 9.07. The third-order valence-corrected chi connectivity index (χ3v) is 2.04. The van der Waals surface area contributed by atoms with Crippen LogP contribution in [0.5, 0.6) is 5.88 Å². The van der Waals surface area contributed by atoms with Crippen molar-refractivity contribution in [1.82, 2.24) is 10.2 Å². The maximum absolute atomic E-state index is 5.41. The first-order valence-electron chi connectivity index (χ1n) is 5.30. The molecule has 1 rings (SSSR count). The van der Waals surface area contributed by atoms with E-state index in [0.717, 1.165) is 6.42 Å². The zero-order valence-corrected chi connectivity index (χ0v) is 9.07. The topological polar surface area (TPSA) is 35.0 Å². The molecule has 1 heterocycles. The van der Waals surface area contributed by atoms with Crippen LogP contribution in [0.2, 0.25) is 0 Å². The van der Waals surface area contributed by atoms with Crippen molar-refractivity contribution >= 4 is 0 Å². The first-order chi connectivity index (χ1) is 7.36. The molecule has 0 fully saturated rings. The Balaban J connectivity index is 2.23. The lowest BCUT2D eigenvalue weighted by Gasteiger charge is -2.03. The fraction of sp³-hybridized carbons (Fsp3) is 0.500. The third kappa shape index (κ3) is 4.46. The summed E-state index contributed by atoms with van der Waals surface area (Å²) in [6.45, 7) is 2.88. The zero-order chi connectivity index (χ0) is 10.9. The Labute approximate surface area is 90.9 Å². The van der Waals surface area contributed by atoms with Gasteiger partial charge in [-0.2, -0.15) is 0 Å². The molecular weight excluding hydrogens is 188 g/mol. The molecule has 0 amide bonds. The van der Waals surface area contributed by atoms with Crippen molar-refractivity contribution < 1.29 is 4.74 Å². The summed E-state index contributed by atoms with van der Waals surface area (Å²) in [5.74, 6) is 2.96. The summed E-state index contributed by atoms with van der Waals surface area (Å²) in [5.41, 5.74) is 0.535. The minimum absolute atomic E-state index is 0.535. The van der Waals surface area contributed by atoms with Gasteiger partial charge in [-0.1, -0.05) is 26.2 Å². The van der Waals surface area contributed by atoms with Crippen LogP contribution in [0.25, 0.3) is 0 Å². The first kappa shape index (κ1) is 11.5. The highest BCUT2D eigenvalue weighted by atomic mass is 16.5. The molecule has 0 saturated heterocycles. The van der Waals surface area contributed by atoms with E-state index in [4.69, 9.17) is 11.2 Å². The number of terminal acetylenes is 1. The molecular formula is C12H16N2O. The van der Waals surface area contributed by atoms with Crippen molar-refractivity contribution in [1.29, 1.82) is 0 Å². The van der Waals surface area contributed by atoms with Crippen LogP contribution in [0.3, 0.4) is 0 Å². The summed E-state index contributed by atoms with van der Waals surface area (Å²) in [4.78, 5) is 0. The predicted molar refractivity (Wildman–Crippen MR) is 59.6 cm³/mol. The van der Waals surface area contributed by atoms with Crippen molar-refractivity contribution in [2.75, 3.05) is 6.61 Å². The lowest BCUT2D eigenvalue weighted by molar-refractivity contribution is 0.290. The van der Waals surface area contributed by atoms with Gasteiger partial charge in [-0.15, -0.1) is 16.6 Å². The summed E-state index contributed by atoms with van der Waals surface area (Å²) >= 11 is 0. The molecule has 0 aromatic carbocycles. The molecule has 0 unspecified atom stereocenters. The van der Waals surface area contributed by atoms with E-state index in [1.165, 1.54) is 19.3 Å². The second kappa shape index (κ2) is 6.83. The Bertz CT molecular complexity index is 313. The number of ether oxygens (including phenoxy) is 1. The predicted octanol–water partition coefficient (Wildman–Crippen LogP) is 2.42. The van der Waals surface area contributed by atoms with E-state index in [9.17, 15) is 0 Å². The van der Waals surface area contributed by atoms with Gasteiger partial charge >= 0.3 is 0 Å². The van der Waals surface area contributed by atoms with Gasteiger partial charge in [-0.25, -0.2) is 0 Å². The molecule has 1 aromatic rings. The van der Waals surface area contributed by atoms with Crippen LogP contribution in [0, 0.1) is 12.3 Å². The van der Waals surface area contributed by atoms with Gasteiger partial charge < -0.3 is 4.74 Å². The van der Waals surface area contributed by atoms with Gasteiger partial charge in [0, 0.05) is 6.07 Å². The van der Waals surface area contributed by atoms with Gasteiger partial charge in [0.05, 0.1) is 6.61 Å². The Hall–Kier alpha value is -1.56. The van der Waals surface area contributed by atoms with Crippen LogP contribution in [0.4, 0.5) is 0 Å². The molecule has 0 bridgehead atoms. The molecule has 0 spiro atoms. The number of aromatic nitrogens is 2. The normalized spacial score (nSPS) is 9.60. The maximum Gasteiger partial charge on any atom is 0.233 e. The monoisotopic (exact) mass is 204 g/mol. The quantitative estimate of drug-likeness (QED) is 0.527. The smallest absolute Gasteiger partial charge is 0.233 e. The molecule has 1 aromatic heterocycles. The van der Waals surface area contributed by atoms with E-state index in [1.807, 2.05) is 0 Å². The summed E-state index contributed by atoms with van der Waals surface area (Å²) < 4.78 is 5.41. The third-order valence-electron chi connectivity index (χ3n) is 2.04. The molecule has 0 radical (unpaired) electrons. The summed E-state index contributed by atoms with van der Waals surface area (Å²) in [6.07, 6.45) is 9.91. The largest absolute Gasteiger partial charge is 0.477 e. The van der Waals surface area contributed by atoms with E-state index < -0.39 is 0 Å². The van der Waals surface area contributed by atoms with Crippen LogP contribution >= 0.6 is 0 Å². The fourth-order valence-electron chi connectivity index (χ4n) is 1.18. The van der Waals surface area contributed by atoms with E-state index >= 15 is 0 Å². The van der Waals surface area contributed by atoms with Gasteiger partial charge in [0.1, 0.15) is 5.69 Å². The minimum Gasteiger partial charge on any atom is -0.477 e. The van der Waals surface area contributed by atoms with E-state index in [2.05, 4.69) is 23.0 Å². The van der Waals surface area contributed by atoms with Gasteiger partial charge in [0.15, 0.2) is 0 Å². The molecule has 3 nitrogen and oxygen atoms in total. The standard InChI is InChI=1S/C12H16N2O/c1-3-5-6-7-10-15-12-9-8-11(4-2)13-14-12/h2,8-9H,3,5-7,10H2,1H3. The SMILES string of the molecule is C#Cc1ccc(OCCCCCC)nn1. The Morgan fingerprint density at radius 3 is 2.73 bits per heavy atom. The Kier molecular flexibility index (Phi) is 5.24. The average molecular weight is 204 g/mol. The summed E-state index contributed by atoms with van der Waals surface area (Å²) in [6, 6.07) is 3.48. The van der Waals surface area contributed by atoms with E-state index in [0.29, 0.717) is 18.2 Å². The summed E-state index contributed by atoms with van der Waals surface area (Å²) in [5, 5.41) is 7.65. The number of hydrogen-bond donors (Lipinski definition) is 0. The second-order valence-electron chi connectivity index (χ2n) is 3.31. The van der Waals surface area contributed by atoms with Gasteiger partial charge in [-0.3, -0.25) is 0 Å². The minimum atomic E-state index is 0.535. The highest BCUT2D eigenvalue weighted by molar-refractivity contribution is 5.24. The molecule has 80 valence electrons. The molecule has 3 heteroatoms. The molecule has 0 aliphatic carbocycles. The number of hydrogen-bond acceptors (Lipinski definition) is 3. The lowest BCUT2D eigenvalue weighted by atomic mass is 10.2. The number of nitrogens with zero attached hydrogens (tertiary/aromatic N) is 2. The van der Waals surface area contributed by atoms with Crippen molar-refractivity contribution in [2.45, 2.75) is 32.6 Å². The average Bonchev–Trinajstić information content (AvgIpc) is 2.30. The van der Waals surface area contributed by atoms with Crippen LogP contribution in [0.15, 0.2) is 12.1 Å². The number of unbranched alkanes of at least 4 members (excludes halogenated alkanes) is 3. The van der Waals surface area contributed by atoms with Crippen molar-refractivity contribution in [3.63, 3.8) is 0 Å². The van der Waals surface area contributed by atoms with Crippen molar-refractivity contribution in [2.24, 2.45) is 0 Å². The Morgan fingerprint density at radius 2 is 2.13 bits per heavy atom.